The van der Waals surface area contributed by atoms with Crippen molar-refractivity contribution in [2.45, 2.75) is 71.9 Å². The van der Waals surface area contributed by atoms with E-state index in [1.165, 1.54) is 19.3 Å². The van der Waals surface area contributed by atoms with E-state index in [-0.39, 0.29) is 19.0 Å². The van der Waals surface area contributed by atoms with E-state index in [1.54, 1.807) is 0 Å². The van der Waals surface area contributed by atoms with Gasteiger partial charge >= 0.3 is 0 Å². The summed E-state index contributed by atoms with van der Waals surface area (Å²) in [6, 6.07) is 0.631. The third-order valence-electron chi connectivity index (χ3n) is 4.60. The van der Waals surface area contributed by atoms with E-state index in [4.69, 9.17) is 5.11 Å². The first kappa shape index (κ1) is 21.5. The van der Waals surface area contributed by atoms with Crippen LogP contribution < -0.4 is 12.4 Å². The molecule has 0 aliphatic heterocycles. The van der Waals surface area contributed by atoms with E-state index < -0.39 is 6.10 Å². The molecule has 0 bridgehead atoms. The van der Waals surface area contributed by atoms with Gasteiger partial charge in [0.05, 0.1) is 38.4 Å². The van der Waals surface area contributed by atoms with Crippen LogP contribution in [0, 0.1) is 0 Å². The molecule has 0 aromatic rings. The van der Waals surface area contributed by atoms with Gasteiger partial charge in [-0.2, -0.15) is 0 Å². The van der Waals surface area contributed by atoms with Gasteiger partial charge in [0.1, 0.15) is 0 Å². The van der Waals surface area contributed by atoms with Crippen LogP contribution in [0.3, 0.4) is 0 Å². The van der Waals surface area contributed by atoms with Gasteiger partial charge in [-0.15, -0.1) is 0 Å². The minimum atomic E-state index is -0.540. The second-order valence-electron chi connectivity index (χ2n) is 5.38. The molecule has 0 saturated carbocycles. The van der Waals surface area contributed by atoms with Gasteiger partial charge in [0, 0.05) is 6.42 Å². The quantitative estimate of drug-likeness (QED) is 0.508. The number of halogens is 1. The Bertz CT molecular complexity index is 190. The largest absolute Gasteiger partial charge is 1.00 e. The summed E-state index contributed by atoms with van der Waals surface area (Å²) in [5, 5.41) is 18.5. The van der Waals surface area contributed by atoms with Crippen molar-refractivity contribution < 1.29 is 27.1 Å². The van der Waals surface area contributed by atoms with Crippen molar-refractivity contribution in [2.75, 3.05) is 26.2 Å². The highest BCUT2D eigenvalue weighted by Crippen LogP contribution is 2.23. The van der Waals surface area contributed by atoms with Crippen LogP contribution in [-0.2, 0) is 0 Å². The van der Waals surface area contributed by atoms with Gasteiger partial charge in [0.15, 0.2) is 0 Å². The molecule has 2 N–H and O–H groups in total. The van der Waals surface area contributed by atoms with Gasteiger partial charge < -0.3 is 27.1 Å². The molecular weight excluding hydrogens is 262 g/mol. The van der Waals surface area contributed by atoms with Crippen LogP contribution in [0.1, 0.15) is 59.8 Å². The van der Waals surface area contributed by atoms with E-state index in [9.17, 15) is 5.11 Å². The highest BCUT2D eigenvalue weighted by Gasteiger charge is 2.31. The fraction of sp³-hybridized carbons (Fsp3) is 1.00. The van der Waals surface area contributed by atoms with Crippen LogP contribution in [0.25, 0.3) is 0 Å². The van der Waals surface area contributed by atoms with Crippen LogP contribution >= 0.6 is 0 Å². The maximum Gasteiger partial charge on any atom is 0.0891 e. The summed E-state index contributed by atoms with van der Waals surface area (Å²) >= 11 is 0. The van der Waals surface area contributed by atoms with Crippen molar-refractivity contribution in [1.82, 2.24) is 0 Å². The molecule has 0 heterocycles. The monoisotopic (exact) mass is 295 g/mol. The molecule has 0 aliphatic carbocycles. The van der Waals surface area contributed by atoms with Gasteiger partial charge in [-0.05, 0) is 40.0 Å². The molecule has 0 amide bonds. The molecule has 0 fully saturated rings. The predicted octanol–water partition coefficient (Wildman–Crippen LogP) is -0.441. The van der Waals surface area contributed by atoms with E-state index in [0.717, 1.165) is 37.0 Å². The summed E-state index contributed by atoms with van der Waals surface area (Å²) in [4.78, 5) is 0. The number of quaternary nitrogens is 1. The first-order valence-corrected chi connectivity index (χ1v) is 7.74. The topological polar surface area (TPSA) is 40.5 Å². The Morgan fingerprint density at radius 3 is 1.79 bits per heavy atom. The zero-order chi connectivity index (χ0) is 14.0. The summed E-state index contributed by atoms with van der Waals surface area (Å²) < 4.78 is 1.15. The zero-order valence-corrected chi connectivity index (χ0v) is 14.0. The summed E-state index contributed by atoms with van der Waals surface area (Å²) in [6.07, 6.45) is 4.95. The molecule has 2 atom stereocenters. The Morgan fingerprint density at radius 2 is 1.42 bits per heavy atom. The fourth-order valence-electron chi connectivity index (χ4n) is 3.05. The lowest BCUT2D eigenvalue weighted by atomic mass is 9.98. The lowest BCUT2D eigenvalue weighted by Crippen LogP contribution is -3.00. The first-order valence-electron chi connectivity index (χ1n) is 7.74. The first-order chi connectivity index (χ1) is 8.60. The van der Waals surface area contributed by atoms with Crippen LogP contribution in [0.2, 0.25) is 0 Å². The maximum absolute atomic E-state index is 9.56. The lowest BCUT2D eigenvalue weighted by Gasteiger charge is -2.43. The van der Waals surface area contributed by atoms with Crippen molar-refractivity contribution in [1.29, 1.82) is 0 Å². The summed E-state index contributed by atoms with van der Waals surface area (Å²) in [5.41, 5.74) is 0. The van der Waals surface area contributed by atoms with Crippen LogP contribution in [0.5, 0.6) is 0 Å². The molecule has 0 spiro atoms. The number of hydrogen-bond donors (Lipinski definition) is 2. The van der Waals surface area contributed by atoms with Gasteiger partial charge in [-0.3, -0.25) is 0 Å². The Morgan fingerprint density at radius 1 is 0.895 bits per heavy atom. The number of rotatable bonds is 11. The Hall–Kier alpha value is 0.170. The van der Waals surface area contributed by atoms with Crippen molar-refractivity contribution in [3.63, 3.8) is 0 Å². The van der Waals surface area contributed by atoms with Crippen molar-refractivity contribution in [2.24, 2.45) is 0 Å². The predicted molar refractivity (Wildman–Crippen MR) is 77.5 cm³/mol. The Kier molecular flexibility index (Phi) is 13.5. The second-order valence-corrected chi connectivity index (χ2v) is 5.38. The molecule has 118 valence electrons. The average Bonchev–Trinajstić information content (AvgIpc) is 2.42. The van der Waals surface area contributed by atoms with Crippen molar-refractivity contribution >= 4 is 0 Å². The van der Waals surface area contributed by atoms with Crippen molar-refractivity contribution in [3.8, 4) is 0 Å². The van der Waals surface area contributed by atoms with E-state index in [1.807, 2.05) is 0 Å². The molecular formula is C15H34ClNO2. The third-order valence-corrected chi connectivity index (χ3v) is 4.60. The molecule has 3 nitrogen and oxygen atoms in total. The Labute approximate surface area is 126 Å². The van der Waals surface area contributed by atoms with Crippen LogP contribution in [-0.4, -0.2) is 53.1 Å². The molecule has 2 unspecified atom stereocenters. The highest BCUT2D eigenvalue weighted by atomic mass is 35.5. The summed E-state index contributed by atoms with van der Waals surface area (Å²) in [6.45, 7) is 12.4. The van der Waals surface area contributed by atoms with E-state index >= 15 is 0 Å². The standard InChI is InChI=1S/C15H34NO2.ClH/c1-5-9-10-14(11-12-15(18)13-17)16(6-2,7-3)8-4;/h14-15,17-18H,5-13H2,1-4H3;1H/q+1;/p-1. The smallest absolute Gasteiger partial charge is 0.0891 e. The lowest BCUT2D eigenvalue weighted by molar-refractivity contribution is -0.947. The molecule has 19 heavy (non-hydrogen) atoms. The number of unbranched alkanes of at least 4 members (excludes halogenated alkanes) is 1. The Balaban J connectivity index is 0. The van der Waals surface area contributed by atoms with E-state index in [2.05, 4.69) is 27.7 Å². The van der Waals surface area contributed by atoms with Gasteiger partial charge in [0.2, 0.25) is 0 Å². The number of nitrogens with zero attached hydrogens (tertiary/aromatic N) is 1. The third kappa shape index (κ3) is 6.94. The summed E-state index contributed by atoms with van der Waals surface area (Å²) in [5.74, 6) is 0. The second kappa shape index (κ2) is 12.0. The van der Waals surface area contributed by atoms with Crippen LogP contribution in [0.15, 0.2) is 0 Å². The minimum absolute atomic E-state index is 0. The fourth-order valence-corrected chi connectivity index (χ4v) is 3.05. The zero-order valence-electron chi connectivity index (χ0n) is 13.2. The molecule has 0 aliphatic rings. The highest BCUT2D eigenvalue weighted by molar-refractivity contribution is 4.65. The SMILES string of the molecule is CCCCC(CCC(O)CO)[N+](CC)(CC)CC.[Cl-]. The van der Waals surface area contributed by atoms with E-state index in [0.29, 0.717) is 6.04 Å². The molecule has 0 rings (SSSR count). The maximum atomic E-state index is 9.56. The van der Waals surface area contributed by atoms with Gasteiger partial charge in [-0.25, -0.2) is 0 Å². The molecule has 0 aromatic carbocycles. The molecule has 0 radical (unpaired) electrons. The van der Waals surface area contributed by atoms with Crippen molar-refractivity contribution in [3.05, 3.63) is 0 Å². The molecule has 0 saturated heterocycles. The number of hydrogen-bond acceptors (Lipinski definition) is 2. The normalized spacial score (nSPS) is 14.8. The van der Waals surface area contributed by atoms with Crippen LogP contribution in [0.4, 0.5) is 0 Å². The average molecular weight is 296 g/mol. The minimum Gasteiger partial charge on any atom is -1.00 e. The summed E-state index contributed by atoms with van der Waals surface area (Å²) in [7, 11) is 0. The van der Waals surface area contributed by atoms with Gasteiger partial charge in [0.25, 0.3) is 0 Å². The van der Waals surface area contributed by atoms with Gasteiger partial charge in [-0.1, -0.05) is 13.3 Å². The molecule has 0 aromatic heterocycles. The number of aliphatic hydroxyl groups excluding tert-OH is 2. The number of aliphatic hydroxyl groups is 2. The molecule has 4 heteroatoms.